The van der Waals surface area contributed by atoms with Gasteiger partial charge in [-0.15, -0.1) is 0 Å². The standard InChI is InChI=1S/C9H8BrCl/c1-2-3-7-6-8(11)4-5-9(7)10/h2-6H,1H3. The van der Waals surface area contributed by atoms with Gasteiger partial charge in [0.1, 0.15) is 0 Å². The number of benzene rings is 1. The lowest BCUT2D eigenvalue weighted by Gasteiger charge is -1.97. The molecule has 0 heterocycles. The quantitative estimate of drug-likeness (QED) is 0.681. The maximum Gasteiger partial charge on any atom is 0.0412 e. The van der Waals surface area contributed by atoms with E-state index < -0.39 is 0 Å². The van der Waals surface area contributed by atoms with Crippen molar-refractivity contribution in [2.45, 2.75) is 6.92 Å². The third kappa shape index (κ3) is 2.35. The molecule has 58 valence electrons. The molecule has 1 rings (SSSR count). The van der Waals surface area contributed by atoms with E-state index in [1.54, 1.807) is 0 Å². The fraction of sp³-hybridized carbons (Fsp3) is 0.111. The largest absolute Gasteiger partial charge is 0.0870 e. The molecule has 0 saturated carbocycles. The Morgan fingerprint density at radius 2 is 2.18 bits per heavy atom. The summed E-state index contributed by atoms with van der Waals surface area (Å²) in [5.41, 5.74) is 1.11. The Labute approximate surface area is 80.0 Å². The van der Waals surface area contributed by atoms with Crippen molar-refractivity contribution >= 4 is 33.6 Å². The summed E-state index contributed by atoms with van der Waals surface area (Å²) in [4.78, 5) is 0. The summed E-state index contributed by atoms with van der Waals surface area (Å²) in [5, 5.41) is 0.765. The Balaban J connectivity index is 3.12. The van der Waals surface area contributed by atoms with E-state index in [2.05, 4.69) is 15.9 Å². The third-order valence-corrected chi connectivity index (χ3v) is 2.26. The summed E-state index contributed by atoms with van der Waals surface area (Å²) in [5.74, 6) is 0. The van der Waals surface area contributed by atoms with Crippen LogP contribution < -0.4 is 0 Å². The van der Waals surface area contributed by atoms with Crippen molar-refractivity contribution in [2.75, 3.05) is 0 Å². The van der Waals surface area contributed by atoms with Crippen LogP contribution in [-0.2, 0) is 0 Å². The Kier molecular flexibility index (Phi) is 3.16. The van der Waals surface area contributed by atoms with Crippen LogP contribution in [0.3, 0.4) is 0 Å². The summed E-state index contributed by atoms with van der Waals surface area (Å²) in [7, 11) is 0. The van der Waals surface area contributed by atoms with Gasteiger partial charge in [0.15, 0.2) is 0 Å². The average molecular weight is 232 g/mol. The van der Waals surface area contributed by atoms with Crippen molar-refractivity contribution in [2.24, 2.45) is 0 Å². The van der Waals surface area contributed by atoms with Gasteiger partial charge in [-0.05, 0) is 30.7 Å². The molecule has 0 bridgehead atoms. The van der Waals surface area contributed by atoms with Crippen LogP contribution in [0.15, 0.2) is 28.7 Å². The second-order valence-corrected chi connectivity index (χ2v) is 3.46. The molecule has 0 unspecified atom stereocenters. The number of halogens is 2. The average Bonchev–Trinajstić information content (AvgIpc) is 1.98. The van der Waals surface area contributed by atoms with Crippen molar-refractivity contribution in [3.05, 3.63) is 39.3 Å². The zero-order valence-corrected chi connectivity index (χ0v) is 8.48. The molecule has 1 aromatic rings. The van der Waals surface area contributed by atoms with Gasteiger partial charge in [-0.1, -0.05) is 39.7 Å². The van der Waals surface area contributed by atoms with E-state index in [1.807, 2.05) is 37.3 Å². The SMILES string of the molecule is CC=Cc1cc(Cl)ccc1Br. The molecule has 0 saturated heterocycles. The van der Waals surface area contributed by atoms with Crippen LogP contribution >= 0.6 is 27.5 Å². The summed E-state index contributed by atoms with van der Waals surface area (Å²) in [6.07, 6.45) is 3.99. The number of hydrogen-bond donors (Lipinski definition) is 0. The van der Waals surface area contributed by atoms with Gasteiger partial charge in [-0.2, -0.15) is 0 Å². The van der Waals surface area contributed by atoms with Crippen molar-refractivity contribution in [1.29, 1.82) is 0 Å². The predicted molar refractivity (Wildman–Crippen MR) is 53.9 cm³/mol. The molecule has 0 radical (unpaired) electrons. The van der Waals surface area contributed by atoms with E-state index in [0.717, 1.165) is 15.1 Å². The molecule has 11 heavy (non-hydrogen) atoms. The first-order valence-corrected chi connectivity index (χ1v) is 4.49. The minimum Gasteiger partial charge on any atom is -0.0870 e. The van der Waals surface area contributed by atoms with Crippen LogP contribution in [0, 0.1) is 0 Å². The molecule has 0 fully saturated rings. The Morgan fingerprint density at radius 1 is 1.45 bits per heavy atom. The molecule has 0 spiro atoms. The Bertz CT molecular complexity index is 279. The lowest BCUT2D eigenvalue weighted by atomic mass is 10.2. The number of hydrogen-bond acceptors (Lipinski definition) is 0. The maximum absolute atomic E-state index is 5.80. The van der Waals surface area contributed by atoms with Crippen molar-refractivity contribution in [1.82, 2.24) is 0 Å². The fourth-order valence-electron chi connectivity index (χ4n) is 0.822. The van der Waals surface area contributed by atoms with Gasteiger partial charge in [0, 0.05) is 9.50 Å². The first kappa shape index (κ1) is 8.82. The molecule has 0 N–H and O–H groups in total. The van der Waals surface area contributed by atoms with E-state index in [4.69, 9.17) is 11.6 Å². The topological polar surface area (TPSA) is 0 Å². The van der Waals surface area contributed by atoms with Gasteiger partial charge in [-0.3, -0.25) is 0 Å². The van der Waals surface area contributed by atoms with Crippen LogP contribution in [0.5, 0.6) is 0 Å². The lowest BCUT2D eigenvalue weighted by Crippen LogP contribution is -1.74. The second-order valence-electron chi connectivity index (χ2n) is 2.17. The van der Waals surface area contributed by atoms with Crippen LogP contribution in [0.25, 0.3) is 6.08 Å². The Morgan fingerprint density at radius 3 is 2.82 bits per heavy atom. The molecule has 0 aliphatic rings. The van der Waals surface area contributed by atoms with Crippen LogP contribution in [0.2, 0.25) is 5.02 Å². The Hall–Kier alpha value is -0.270. The van der Waals surface area contributed by atoms with Gasteiger partial charge >= 0.3 is 0 Å². The van der Waals surface area contributed by atoms with E-state index >= 15 is 0 Å². The first-order chi connectivity index (χ1) is 5.24. The van der Waals surface area contributed by atoms with Crippen molar-refractivity contribution in [3.8, 4) is 0 Å². The zero-order chi connectivity index (χ0) is 8.27. The summed E-state index contributed by atoms with van der Waals surface area (Å²) in [6.45, 7) is 1.98. The monoisotopic (exact) mass is 230 g/mol. The first-order valence-electron chi connectivity index (χ1n) is 3.32. The minimum atomic E-state index is 0.765. The zero-order valence-electron chi connectivity index (χ0n) is 6.14. The fourth-order valence-corrected chi connectivity index (χ4v) is 1.38. The van der Waals surface area contributed by atoms with Gasteiger partial charge in [0.25, 0.3) is 0 Å². The van der Waals surface area contributed by atoms with Gasteiger partial charge < -0.3 is 0 Å². The number of allylic oxidation sites excluding steroid dienone is 1. The molecule has 0 aliphatic carbocycles. The van der Waals surface area contributed by atoms with E-state index in [1.165, 1.54) is 0 Å². The summed E-state index contributed by atoms with van der Waals surface area (Å²) in [6, 6.07) is 5.72. The highest BCUT2D eigenvalue weighted by atomic mass is 79.9. The molecule has 0 aliphatic heterocycles. The number of rotatable bonds is 1. The van der Waals surface area contributed by atoms with E-state index in [0.29, 0.717) is 0 Å². The van der Waals surface area contributed by atoms with Crippen molar-refractivity contribution in [3.63, 3.8) is 0 Å². The summed E-state index contributed by atoms with van der Waals surface area (Å²) >= 11 is 9.22. The molecule has 0 nitrogen and oxygen atoms in total. The van der Waals surface area contributed by atoms with Crippen LogP contribution in [-0.4, -0.2) is 0 Å². The normalized spacial score (nSPS) is 10.8. The van der Waals surface area contributed by atoms with E-state index in [-0.39, 0.29) is 0 Å². The van der Waals surface area contributed by atoms with Crippen molar-refractivity contribution < 1.29 is 0 Å². The highest BCUT2D eigenvalue weighted by Crippen LogP contribution is 2.21. The van der Waals surface area contributed by atoms with Gasteiger partial charge in [0.05, 0.1) is 0 Å². The van der Waals surface area contributed by atoms with E-state index in [9.17, 15) is 0 Å². The smallest absolute Gasteiger partial charge is 0.0412 e. The summed E-state index contributed by atoms with van der Waals surface area (Å²) < 4.78 is 1.07. The molecule has 0 aromatic heterocycles. The van der Waals surface area contributed by atoms with Crippen LogP contribution in [0.4, 0.5) is 0 Å². The highest BCUT2D eigenvalue weighted by molar-refractivity contribution is 9.10. The second kappa shape index (κ2) is 3.93. The van der Waals surface area contributed by atoms with Crippen LogP contribution in [0.1, 0.15) is 12.5 Å². The molecule has 2 heteroatoms. The minimum absolute atomic E-state index is 0.765. The molecule has 0 atom stereocenters. The molecule has 1 aromatic carbocycles. The molecule has 0 amide bonds. The lowest BCUT2D eigenvalue weighted by molar-refractivity contribution is 1.59. The van der Waals surface area contributed by atoms with Gasteiger partial charge in [-0.25, -0.2) is 0 Å². The molecular weight excluding hydrogens is 223 g/mol. The maximum atomic E-state index is 5.80. The molecular formula is C9H8BrCl. The van der Waals surface area contributed by atoms with Gasteiger partial charge in [0.2, 0.25) is 0 Å². The predicted octanol–water partition coefficient (Wildman–Crippen LogP) is 4.14. The highest BCUT2D eigenvalue weighted by Gasteiger charge is 1.95. The third-order valence-electron chi connectivity index (χ3n) is 1.30.